The Morgan fingerprint density at radius 1 is 0.968 bits per heavy atom. The van der Waals surface area contributed by atoms with E-state index in [1.807, 2.05) is 13.8 Å². The number of ketones is 1. The quantitative estimate of drug-likeness (QED) is 0.613. The van der Waals surface area contributed by atoms with Gasteiger partial charge in [-0.15, -0.1) is 0 Å². The Morgan fingerprint density at radius 3 is 2.23 bits per heavy atom. The van der Waals surface area contributed by atoms with E-state index in [4.69, 9.17) is 23.7 Å². The van der Waals surface area contributed by atoms with Crippen LogP contribution in [0.5, 0.6) is 28.7 Å². The van der Waals surface area contributed by atoms with Crippen LogP contribution in [0.1, 0.15) is 29.8 Å². The van der Waals surface area contributed by atoms with Crippen molar-refractivity contribution in [3.05, 3.63) is 47.2 Å². The number of rotatable bonds is 7. The monoisotopic (exact) mass is 427 g/mol. The summed E-state index contributed by atoms with van der Waals surface area (Å²) in [6.07, 6.45) is 1.12. The third kappa shape index (κ3) is 4.42. The van der Waals surface area contributed by atoms with E-state index in [-0.39, 0.29) is 11.5 Å². The molecule has 2 aromatic carbocycles. The second-order valence-electron chi connectivity index (χ2n) is 6.59. The number of Topliss-reactive ketones (excluding diaryl/α,β-unsaturated/α-hetero) is 1. The molecule has 0 atom stereocenters. The molecule has 8 heteroatoms. The zero-order valence-corrected chi connectivity index (χ0v) is 18.2. The van der Waals surface area contributed by atoms with Gasteiger partial charge in [0.25, 0.3) is 0 Å². The van der Waals surface area contributed by atoms with E-state index in [9.17, 15) is 9.59 Å². The number of methoxy groups -OCH3 is 3. The standard InChI is InChI=1S/C23H25NO7/c1-6-24(7-2)23(26)30-15-8-9-16-18(12-15)31-21(22(16)25)11-14-10-19(28-4)20(29-5)13-17(14)27-3/h8-13H,6-7H2,1-5H3. The molecule has 0 unspecified atom stereocenters. The van der Waals surface area contributed by atoms with Crippen molar-refractivity contribution in [1.29, 1.82) is 0 Å². The molecule has 164 valence electrons. The highest BCUT2D eigenvalue weighted by atomic mass is 16.6. The van der Waals surface area contributed by atoms with Gasteiger partial charge in [0.15, 0.2) is 17.3 Å². The number of fused-ring (bicyclic) bond motifs is 1. The molecular formula is C23H25NO7. The molecule has 1 heterocycles. The van der Waals surface area contributed by atoms with Gasteiger partial charge in [-0.25, -0.2) is 4.79 Å². The summed E-state index contributed by atoms with van der Waals surface area (Å²) in [7, 11) is 4.57. The first-order valence-corrected chi connectivity index (χ1v) is 9.80. The largest absolute Gasteiger partial charge is 0.496 e. The van der Waals surface area contributed by atoms with Crippen molar-refractivity contribution < 1.29 is 33.3 Å². The van der Waals surface area contributed by atoms with Crippen molar-refractivity contribution in [3.8, 4) is 28.7 Å². The van der Waals surface area contributed by atoms with Crippen molar-refractivity contribution in [3.63, 3.8) is 0 Å². The fourth-order valence-electron chi connectivity index (χ4n) is 3.18. The van der Waals surface area contributed by atoms with Crippen LogP contribution in [0.4, 0.5) is 4.79 Å². The minimum atomic E-state index is -0.458. The first kappa shape index (κ1) is 22.0. The summed E-state index contributed by atoms with van der Waals surface area (Å²) >= 11 is 0. The highest BCUT2D eigenvalue weighted by molar-refractivity contribution is 6.14. The topological polar surface area (TPSA) is 83.5 Å². The summed E-state index contributed by atoms with van der Waals surface area (Å²) in [5.74, 6) is 1.94. The van der Waals surface area contributed by atoms with Gasteiger partial charge in [-0.05, 0) is 38.1 Å². The number of benzene rings is 2. The highest BCUT2D eigenvalue weighted by Crippen LogP contribution is 2.39. The van der Waals surface area contributed by atoms with E-state index in [0.29, 0.717) is 53.0 Å². The second kappa shape index (κ2) is 9.42. The molecular weight excluding hydrogens is 402 g/mol. The number of hydrogen-bond donors (Lipinski definition) is 0. The Labute approximate surface area is 180 Å². The summed E-state index contributed by atoms with van der Waals surface area (Å²) in [6.45, 7) is 4.81. The summed E-state index contributed by atoms with van der Waals surface area (Å²) < 4.78 is 27.2. The number of carbonyl (C=O) groups excluding carboxylic acids is 2. The molecule has 0 aliphatic carbocycles. The van der Waals surface area contributed by atoms with E-state index in [0.717, 1.165) is 0 Å². The second-order valence-corrected chi connectivity index (χ2v) is 6.59. The Morgan fingerprint density at radius 2 is 1.61 bits per heavy atom. The van der Waals surface area contributed by atoms with Crippen LogP contribution in [0.15, 0.2) is 36.1 Å². The van der Waals surface area contributed by atoms with Crippen molar-refractivity contribution >= 4 is 18.0 Å². The predicted octanol–water partition coefficient (Wildman–Crippen LogP) is 4.17. The first-order chi connectivity index (χ1) is 14.9. The smallest absolute Gasteiger partial charge is 0.415 e. The van der Waals surface area contributed by atoms with Crippen LogP contribution in [0.2, 0.25) is 0 Å². The molecule has 2 aromatic rings. The van der Waals surface area contributed by atoms with Gasteiger partial charge in [0, 0.05) is 30.8 Å². The molecule has 31 heavy (non-hydrogen) atoms. The summed E-state index contributed by atoms with van der Waals surface area (Å²) in [5.41, 5.74) is 0.970. The molecule has 0 N–H and O–H groups in total. The van der Waals surface area contributed by atoms with E-state index in [2.05, 4.69) is 0 Å². The maximum Gasteiger partial charge on any atom is 0.415 e. The van der Waals surface area contributed by atoms with Crippen LogP contribution in [-0.2, 0) is 0 Å². The van der Waals surface area contributed by atoms with Gasteiger partial charge in [0.2, 0.25) is 5.78 Å². The summed E-state index contributed by atoms with van der Waals surface area (Å²) in [4.78, 5) is 26.5. The minimum absolute atomic E-state index is 0.118. The molecule has 0 bridgehead atoms. The van der Waals surface area contributed by atoms with E-state index in [1.165, 1.54) is 27.4 Å². The van der Waals surface area contributed by atoms with Gasteiger partial charge in [-0.2, -0.15) is 0 Å². The number of carbonyl (C=O) groups is 2. The van der Waals surface area contributed by atoms with Gasteiger partial charge in [-0.3, -0.25) is 4.79 Å². The minimum Gasteiger partial charge on any atom is -0.496 e. The number of nitrogens with zero attached hydrogens (tertiary/aromatic N) is 1. The van der Waals surface area contributed by atoms with E-state index in [1.54, 1.807) is 35.2 Å². The molecule has 0 saturated carbocycles. The molecule has 3 rings (SSSR count). The summed E-state index contributed by atoms with van der Waals surface area (Å²) in [6, 6.07) is 8.04. The molecule has 0 saturated heterocycles. The maximum absolute atomic E-state index is 12.8. The average Bonchev–Trinajstić information content (AvgIpc) is 3.08. The third-order valence-corrected chi connectivity index (χ3v) is 4.89. The molecule has 1 aliphatic heterocycles. The first-order valence-electron chi connectivity index (χ1n) is 9.80. The van der Waals surface area contributed by atoms with E-state index < -0.39 is 6.09 Å². The molecule has 1 aliphatic rings. The lowest BCUT2D eigenvalue weighted by Crippen LogP contribution is -2.33. The predicted molar refractivity (Wildman–Crippen MR) is 114 cm³/mol. The highest BCUT2D eigenvalue weighted by Gasteiger charge is 2.29. The Kier molecular flexibility index (Phi) is 6.69. The maximum atomic E-state index is 12.8. The number of amides is 1. The average molecular weight is 427 g/mol. The molecule has 0 spiro atoms. The Hall–Kier alpha value is -3.68. The fraction of sp³-hybridized carbons (Fsp3) is 0.304. The van der Waals surface area contributed by atoms with Crippen molar-refractivity contribution in [2.45, 2.75) is 13.8 Å². The lowest BCUT2D eigenvalue weighted by atomic mass is 10.1. The molecule has 1 amide bonds. The van der Waals surface area contributed by atoms with Gasteiger partial charge >= 0.3 is 6.09 Å². The van der Waals surface area contributed by atoms with Crippen LogP contribution in [-0.4, -0.2) is 51.2 Å². The fourth-order valence-corrected chi connectivity index (χ4v) is 3.18. The van der Waals surface area contributed by atoms with Gasteiger partial charge in [-0.1, -0.05) is 0 Å². The van der Waals surface area contributed by atoms with Gasteiger partial charge in [0.05, 0.1) is 26.9 Å². The van der Waals surface area contributed by atoms with Crippen LogP contribution in [0, 0.1) is 0 Å². The van der Waals surface area contributed by atoms with Crippen LogP contribution in [0.3, 0.4) is 0 Å². The zero-order valence-electron chi connectivity index (χ0n) is 18.2. The number of hydrogen-bond acceptors (Lipinski definition) is 7. The SMILES string of the molecule is CCN(CC)C(=O)Oc1ccc2c(c1)OC(=Cc1cc(OC)c(OC)cc1OC)C2=O. The van der Waals surface area contributed by atoms with Gasteiger partial charge < -0.3 is 28.6 Å². The van der Waals surface area contributed by atoms with Gasteiger partial charge in [0.1, 0.15) is 17.2 Å². The number of ether oxygens (including phenoxy) is 5. The van der Waals surface area contributed by atoms with Crippen LogP contribution < -0.4 is 23.7 Å². The third-order valence-electron chi connectivity index (χ3n) is 4.89. The zero-order chi connectivity index (χ0) is 22.5. The lowest BCUT2D eigenvalue weighted by Gasteiger charge is -2.17. The lowest BCUT2D eigenvalue weighted by molar-refractivity contribution is 0.101. The van der Waals surface area contributed by atoms with Crippen LogP contribution in [0.25, 0.3) is 6.08 Å². The van der Waals surface area contributed by atoms with Crippen molar-refractivity contribution in [2.75, 3.05) is 34.4 Å². The summed E-state index contributed by atoms with van der Waals surface area (Å²) in [5, 5.41) is 0. The number of allylic oxidation sites excluding steroid dienone is 1. The van der Waals surface area contributed by atoms with E-state index >= 15 is 0 Å². The molecule has 0 radical (unpaired) electrons. The normalized spacial score (nSPS) is 13.5. The van der Waals surface area contributed by atoms with Crippen molar-refractivity contribution in [1.82, 2.24) is 4.90 Å². The van der Waals surface area contributed by atoms with Crippen molar-refractivity contribution in [2.24, 2.45) is 0 Å². The molecule has 8 nitrogen and oxygen atoms in total. The van der Waals surface area contributed by atoms with Crippen LogP contribution >= 0.6 is 0 Å². The Bertz CT molecular complexity index is 1020. The molecule has 0 fully saturated rings. The Balaban J connectivity index is 1.89. The molecule has 0 aromatic heterocycles.